The minimum Gasteiger partial charge on any atom is -0.469 e. The number of hydrogen-bond donors (Lipinski definition) is 1. The lowest BCUT2D eigenvalue weighted by molar-refractivity contribution is 0.481. The largest absolute Gasteiger partial charge is 0.469 e. The van der Waals surface area contributed by atoms with Crippen LogP contribution in [0.5, 0.6) is 0 Å². The van der Waals surface area contributed by atoms with Gasteiger partial charge in [-0.3, -0.25) is 0 Å². The molecule has 114 valence electrons. The summed E-state index contributed by atoms with van der Waals surface area (Å²) in [6.45, 7) is 5.25. The van der Waals surface area contributed by atoms with Gasteiger partial charge < -0.3 is 9.73 Å². The third kappa shape index (κ3) is 4.26. The summed E-state index contributed by atoms with van der Waals surface area (Å²) in [6, 6.07) is 8.11. The maximum absolute atomic E-state index is 6.11. The zero-order chi connectivity index (χ0) is 15.2. The fourth-order valence-corrected chi connectivity index (χ4v) is 2.78. The van der Waals surface area contributed by atoms with Crippen molar-refractivity contribution < 1.29 is 4.42 Å². The summed E-state index contributed by atoms with van der Waals surface area (Å²) >= 11 is 12.1. The molecule has 1 heterocycles. The van der Waals surface area contributed by atoms with Crippen molar-refractivity contribution in [3.63, 3.8) is 0 Å². The van der Waals surface area contributed by atoms with Crippen molar-refractivity contribution >= 4 is 23.2 Å². The summed E-state index contributed by atoms with van der Waals surface area (Å²) in [5.41, 5.74) is 2.40. The summed E-state index contributed by atoms with van der Waals surface area (Å²) in [5.74, 6) is 1.05. The van der Waals surface area contributed by atoms with Crippen LogP contribution >= 0.6 is 23.2 Å². The average Bonchev–Trinajstić information content (AvgIpc) is 2.95. The second-order valence-electron chi connectivity index (χ2n) is 5.11. The predicted octanol–water partition coefficient (Wildman–Crippen LogP) is 5.43. The summed E-state index contributed by atoms with van der Waals surface area (Å²) in [6.07, 6.45) is 4.62. The Labute approximate surface area is 136 Å². The lowest BCUT2D eigenvalue weighted by atomic mass is 9.98. The van der Waals surface area contributed by atoms with E-state index in [0.29, 0.717) is 10.0 Å². The van der Waals surface area contributed by atoms with E-state index >= 15 is 0 Å². The first-order valence-corrected chi connectivity index (χ1v) is 8.14. The number of hydrogen-bond acceptors (Lipinski definition) is 2. The molecular weight excluding hydrogens is 305 g/mol. The number of halogens is 2. The van der Waals surface area contributed by atoms with Gasteiger partial charge in [0.1, 0.15) is 5.76 Å². The van der Waals surface area contributed by atoms with Gasteiger partial charge in [0.15, 0.2) is 0 Å². The van der Waals surface area contributed by atoms with Crippen LogP contribution < -0.4 is 5.32 Å². The van der Waals surface area contributed by atoms with Gasteiger partial charge in [-0.1, -0.05) is 43.1 Å². The number of furan rings is 1. The Morgan fingerprint density at radius 3 is 2.62 bits per heavy atom. The molecule has 1 unspecified atom stereocenters. The Morgan fingerprint density at radius 1 is 1.14 bits per heavy atom. The van der Waals surface area contributed by atoms with Crippen molar-refractivity contribution in [2.45, 2.75) is 39.2 Å². The first-order valence-electron chi connectivity index (χ1n) is 7.39. The second-order valence-corrected chi connectivity index (χ2v) is 5.93. The smallest absolute Gasteiger partial charge is 0.108 e. The molecule has 1 atom stereocenters. The van der Waals surface area contributed by atoms with Crippen LogP contribution in [0.1, 0.15) is 43.2 Å². The fourth-order valence-electron chi connectivity index (χ4n) is 2.46. The molecule has 4 heteroatoms. The second kappa shape index (κ2) is 7.88. The number of nitrogens with one attached hydrogen (secondary N) is 1. The standard InChI is InChI=1S/C17H21Cl2NO/c1-3-8-20-16(13-7-9-21-17(13)4-2)11-12-5-6-14(18)15(19)10-12/h5-7,9-10,16,20H,3-4,8,11H2,1-2H3. The SMILES string of the molecule is CCCNC(Cc1ccc(Cl)c(Cl)c1)c1ccoc1CC. The first-order chi connectivity index (χ1) is 10.2. The maximum atomic E-state index is 6.11. The molecule has 1 aromatic carbocycles. The fraction of sp³-hybridized carbons (Fsp3) is 0.412. The Hall–Kier alpha value is -0.960. The van der Waals surface area contributed by atoms with Crippen molar-refractivity contribution in [2.24, 2.45) is 0 Å². The summed E-state index contributed by atoms with van der Waals surface area (Å²) in [5, 5.41) is 4.79. The van der Waals surface area contributed by atoms with Gasteiger partial charge in [-0.2, -0.15) is 0 Å². The van der Waals surface area contributed by atoms with Crippen LogP contribution in [0.2, 0.25) is 10.0 Å². The van der Waals surface area contributed by atoms with Crippen molar-refractivity contribution in [3.05, 3.63) is 57.5 Å². The molecule has 1 aromatic heterocycles. The van der Waals surface area contributed by atoms with E-state index in [2.05, 4.69) is 25.2 Å². The van der Waals surface area contributed by atoms with Gasteiger partial charge in [-0.25, -0.2) is 0 Å². The lowest BCUT2D eigenvalue weighted by Gasteiger charge is -2.19. The molecule has 0 fully saturated rings. The van der Waals surface area contributed by atoms with Gasteiger partial charge in [-0.05, 0) is 43.1 Å². The summed E-state index contributed by atoms with van der Waals surface area (Å²) in [7, 11) is 0. The van der Waals surface area contributed by atoms with Gasteiger partial charge in [0.05, 0.1) is 16.3 Å². The lowest BCUT2D eigenvalue weighted by Crippen LogP contribution is -2.24. The first kappa shape index (κ1) is 16.4. The molecular formula is C17H21Cl2NO. The van der Waals surface area contributed by atoms with E-state index in [1.54, 1.807) is 6.26 Å². The maximum Gasteiger partial charge on any atom is 0.108 e. The van der Waals surface area contributed by atoms with Crippen LogP contribution in [0.3, 0.4) is 0 Å². The Morgan fingerprint density at radius 2 is 1.95 bits per heavy atom. The highest BCUT2D eigenvalue weighted by Crippen LogP contribution is 2.27. The van der Waals surface area contributed by atoms with E-state index in [1.165, 1.54) is 11.1 Å². The van der Waals surface area contributed by atoms with E-state index in [0.717, 1.165) is 31.6 Å². The van der Waals surface area contributed by atoms with Crippen LogP contribution in [0.15, 0.2) is 34.9 Å². The molecule has 0 spiro atoms. The molecule has 2 rings (SSSR count). The third-order valence-electron chi connectivity index (χ3n) is 3.54. The summed E-state index contributed by atoms with van der Waals surface area (Å²) < 4.78 is 5.57. The van der Waals surface area contributed by atoms with E-state index < -0.39 is 0 Å². The van der Waals surface area contributed by atoms with Crippen LogP contribution in [0.25, 0.3) is 0 Å². The van der Waals surface area contributed by atoms with Crippen LogP contribution in [0.4, 0.5) is 0 Å². The van der Waals surface area contributed by atoms with E-state index in [-0.39, 0.29) is 6.04 Å². The summed E-state index contributed by atoms with van der Waals surface area (Å²) in [4.78, 5) is 0. The number of benzene rings is 1. The monoisotopic (exact) mass is 325 g/mol. The molecule has 0 saturated heterocycles. The Kier molecular flexibility index (Phi) is 6.16. The predicted molar refractivity (Wildman–Crippen MR) is 89.3 cm³/mol. The molecule has 0 radical (unpaired) electrons. The minimum atomic E-state index is 0.232. The van der Waals surface area contributed by atoms with E-state index in [1.807, 2.05) is 18.2 Å². The minimum absolute atomic E-state index is 0.232. The van der Waals surface area contributed by atoms with Gasteiger partial charge in [0.25, 0.3) is 0 Å². The average molecular weight is 326 g/mol. The quantitative estimate of drug-likeness (QED) is 0.734. The van der Waals surface area contributed by atoms with Gasteiger partial charge in [-0.15, -0.1) is 0 Å². The number of aryl methyl sites for hydroxylation is 1. The Bertz CT molecular complexity index is 580. The van der Waals surface area contributed by atoms with E-state index in [4.69, 9.17) is 27.6 Å². The molecule has 2 nitrogen and oxygen atoms in total. The molecule has 1 N–H and O–H groups in total. The molecule has 0 aliphatic rings. The van der Waals surface area contributed by atoms with Crippen LogP contribution in [-0.2, 0) is 12.8 Å². The highest BCUT2D eigenvalue weighted by molar-refractivity contribution is 6.42. The molecule has 0 bridgehead atoms. The van der Waals surface area contributed by atoms with Crippen molar-refractivity contribution in [1.29, 1.82) is 0 Å². The van der Waals surface area contributed by atoms with Gasteiger partial charge >= 0.3 is 0 Å². The normalized spacial score (nSPS) is 12.6. The Balaban J connectivity index is 2.21. The number of rotatable bonds is 7. The molecule has 0 aliphatic carbocycles. The highest BCUT2D eigenvalue weighted by atomic mass is 35.5. The van der Waals surface area contributed by atoms with Gasteiger partial charge in [0, 0.05) is 18.0 Å². The zero-order valence-corrected chi connectivity index (χ0v) is 14.0. The molecule has 0 amide bonds. The topological polar surface area (TPSA) is 25.2 Å². The van der Waals surface area contributed by atoms with Crippen LogP contribution in [0, 0.1) is 0 Å². The molecule has 0 saturated carbocycles. The zero-order valence-electron chi connectivity index (χ0n) is 12.5. The van der Waals surface area contributed by atoms with Crippen molar-refractivity contribution in [2.75, 3.05) is 6.54 Å². The molecule has 2 aromatic rings. The highest BCUT2D eigenvalue weighted by Gasteiger charge is 2.17. The molecule has 0 aliphatic heterocycles. The third-order valence-corrected chi connectivity index (χ3v) is 4.28. The van der Waals surface area contributed by atoms with Crippen LogP contribution in [-0.4, -0.2) is 6.54 Å². The van der Waals surface area contributed by atoms with Gasteiger partial charge in [0.2, 0.25) is 0 Å². The van der Waals surface area contributed by atoms with E-state index in [9.17, 15) is 0 Å². The van der Waals surface area contributed by atoms with Crippen molar-refractivity contribution in [1.82, 2.24) is 5.32 Å². The molecule has 21 heavy (non-hydrogen) atoms. The van der Waals surface area contributed by atoms with Crippen molar-refractivity contribution in [3.8, 4) is 0 Å².